The molecule has 2 amide bonds. The fraction of sp³-hybridized carbons (Fsp3) is 0.143. The Hall–Kier alpha value is -2.36. The van der Waals surface area contributed by atoms with Crippen LogP contribution in [0.1, 0.15) is 6.42 Å². The molecule has 0 aromatic heterocycles. The summed E-state index contributed by atoms with van der Waals surface area (Å²) in [6.07, 6.45) is -0.112. The van der Waals surface area contributed by atoms with E-state index in [1.165, 1.54) is 4.90 Å². The van der Waals surface area contributed by atoms with E-state index in [0.717, 1.165) is 16.5 Å². The van der Waals surface area contributed by atoms with Gasteiger partial charge in [-0.15, -0.1) is 0 Å². The largest absolute Gasteiger partial charge is 0.323 e. The maximum Gasteiger partial charge on any atom is 0.236 e. The number of carbonyl (C=O) groups excluding carboxylic acids is 2. The van der Waals surface area contributed by atoms with Gasteiger partial charge in [-0.2, -0.15) is 0 Å². The van der Waals surface area contributed by atoms with Crippen molar-refractivity contribution in [3.8, 4) is 0 Å². The van der Waals surface area contributed by atoms with E-state index in [1.807, 2.05) is 36.4 Å². The van der Waals surface area contributed by atoms with Crippen molar-refractivity contribution in [3.05, 3.63) is 36.4 Å². The molecule has 3 rings (SSSR count). The second-order valence-electron chi connectivity index (χ2n) is 4.36. The number of hydrogen-bond donors (Lipinski definition) is 1. The number of carbonyl (C=O) groups is 2. The Morgan fingerprint density at radius 1 is 1.11 bits per heavy atom. The maximum atomic E-state index is 11.8. The van der Waals surface area contributed by atoms with Gasteiger partial charge in [0.25, 0.3) is 0 Å². The number of amides is 2. The van der Waals surface area contributed by atoms with Gasteiger partial charge < -0.3 is 10.2 Å². The van der Waals surface area contributed by atoms with Crippen LogP contribution in [0.3, 0.4) is 0 Å². The summed E-state index contributed by atoms with van der Waals surface area (Å²) in [4.78, 5) is 25.0. The van der Waals surface area contributed by atoms with E-state index in [2.05, 4.69) is 5.32 Å². The molecule has 0 saturated carbocycles. The van der Waals surface area contributed by atoms with Crippen LogP contribution in [0.5, 0.6) is 0 Å². The third kappa shape index (κ3) is 1.54. The van der Waals surface area contributed by atoms with Gasteiger partial charge in [0, 0.05) is 12.4 Å². The van der Waals surface area contributed by atoms with E-state index in [1.54, 1.807) is 7.05 Å². The molecule has 90 valence electrons. The summed E-state index contributed by atoms with van der Waals surface area (Å²) < 4.78 is 0. The van der Waals surface area contributed by atoms with Crippen molar-refractivity contribution in [3.63, 3.8) is 0 Å². The van der Waals surface area contributed by atoms with Crippen molar-refractivity contribution in [1.82, 2.24) is 0 Å². The molecule has 1 aliphatic heterocycles. The predicted molar refractivity (Wildman–Crippen MR) is 70.6 cm³/mol. The molecule has 1 aliphatic rings. The number of nitrogens with one attached hydrogen (secondary N) is 1. The molecule has 0 atom stereocenters. The molecule has 4 nitrogen and oxygen atoms in total. The van der Waals surface area contributed by atoms with Gasteiger partial charge in [0.05, 0.1) is 11.4 Å². The third-order valence-corrected chi connectivity index (χ3v) is 3.22. The van der Waals surface area contributed by atoms with Crippen molar-refractivity contribution in [2.45, 2.75) is 6.42 Å². The number of benzene rings is 2. The molecule has 0 spiro atoms. The third-order valence-electron chi connectivity index (χ3n) is 3.22. The number of fused-ring (bicyclic) bond motifs is 3. The zero-order chi connectivity index (χ0) is 12.7. The molecule has 0 aliphatic carbocycles. The highest BCUT2D eigenvalue weighted by molar-refractivity contribution is 6.18. The first-order valence-corrected chi connectivity index (χ1v) is 5.75. The molecule has 4 heteroatoms. The molecule has 1 heterocycles. The van der Waals surface area contributed by atoms with Crippen LogP contribution in [-0.4, -0.2) is 18.9 Å². The lowest BCUT2D eigenvalue weighted by Gasteiger charge is -2.17. The van der Waals surface area contributed by atoms with Gasteiger partial charge in [0.2, 0.25) is 11.8 Å². The first-order chi connectivity index (χ1) is 8.66. The summed E-state index contributed by atoms with van der Waals surface area (Å²) in [5.41, 5.74) is 1.45. The maximum absolute atomic E-state index is 11.8. The predicted octanol–water partition coefficient (Wildman–Crippen LogP) is 2.14. The van der Waals surface area contributed by atoms with Crippen molar-refractivity contribution in [2.75, 3.05) is 17.3 Å². The highest BCUT2D eigenvalue weighted by atomic mass is 16.2. The second-order valence-corrected chi connectivity index (χ2v) is 4.36. The lowest BCUT2D eigenvalue weighted by Crippen LogP contribution is -2.26. The molecule has 2 aromatic rings. The Morgan fingerprint density at radius 3 is 2.72 bits per heavy atom. The highest BCUT2D eigenvalue weighted by Gasteiger charge is 2.24. The van der Waals surface area contributed by atoms with E-state index >= 15 is 0 Å². The smallest absolute Gasteiger partial charge is 0.236 e. The van der Waals surface area contributed by atoms with E-state index in [-0.39, 0.29) is 18.2 Å². The average Bonchev–Trinajstić information content (AvgIpc) is 2.48. The van der Waals surface area contributed by atoms with Crippen LogP contribution < -0.4 is 10.2 Å². The molecule has 2 aromatic carbocycles. The lowest BCUT2D eigenvalue weighted by atomic mass is 10.1. The number of anilines is 2. The fourth-order valence-electron chi connectivity index (χ4n) is 2.24. The second kappa shape index (κ2) is 3.84. The van der Waals surface area contributed by atoms with Crippen LogP contribution in [0, 0.1) is 0 Å². The molecule has 1 N–H and O–H groups in total. The minimum absolute atomic E-state index is 0.112. The summed E-state index contributed by atoms with van der Waals surface area (Å²) >= 11 is 0. The quantitative estimate of drug-likeness (QED) is 0.717. The summed E-state index contributed by atoms with van der Waals surface area (Å²) in [7, 11) is 1.69. The molecular formula is C14H12N2O2. The van der Waals surface area contributed by atoms with Crippen LogP contribution in [0.25, 0.3) is 10.8 Å². The van der Waals surface area contributed by atoms with Crippen LogP contribution >= 0.6 is 0 Å². The topological polar surface area (TPSA) is 49.4 Å². The minimum Gasteiger partial charge on any atom is -0.323 e. The molecule has 0 bridgehead atoms. The lowest BCUT2D eigenvalue weighted by molar-refractivity contribution is -0.124. The summed E-state index contributed by atoms with van der Waals surface area (Å²) in [5, 5.41) is 4.81. The zero-order valence-corrected chi connectivity index (χ0v) is 9.93. The Bertz CT molecular complexity index is 664. The van der Waals surface area contributed by atoms with Gasteiger partial charge in [-0.1, -0.05) is 30.3 Å². The van der Waals surface area contributed by atoms with Crippen LogP contribution in [-0.2, 0) is 9.59 Å². The Morgan fingerprint density at radius 2 is 1.89 bits per heavy atom. The summed E-state index contributed by atoms with van der Waals surface area (Å²) in [5.74, 6) is -0.455. The van der Waals surface area contributed by atoms with Crippen LogP contribution in [0.2, 0.25) is 0 Å². The number of rotatable bonds is 0. The van der Waals surface area contributed by atoms with Gasteiger partial charge in [0.15, 0.2) is 0 Å². The fourth-order valence-corrected chi connectivity index (χ4v) is 2.24. The molecule has 0 unspecified atom stereocenters. The number of nitrogens with zero attached hydrogens (tertiary/aromatic N) is 1. The SMILES string of the molecule is CN1C(=O)CC(=O)Nc2c1ccc1ccccc21. The highest BCUT2D eigenvalue weighted by Crippen LogP contribution is 2.35. The summed E-state index contributed by atoms with van der Waals surface area (Å²) in [6.45, 7) is 0. The van der Waals surface area contributed by atoms with Crippen LogP contribution in [0.15, 0.2) is 36.4 Å². The van der Waals surface area contributed by atoms with E-state index in [0.29, 0.717) is 5.69 Å². The zero-order valence-electron chi connectivity index (χ0n) is 9.93. The van der Waals surface area contributed by atoms with E-state index in [4.69, 9.17) is 0 Å². The molecule has 0 radical (unpaired) electrons. The minimum atomic E-state index is -0.262. The Kier molecular flexibility index (Phi) is 2.30. The molecule has 0 fully saturated rings. The first-order valence-electron chi connectivity index (χ1n) is 5.75. The summed E-state index contributed by atoms with van der Waals surface area (Å²) in [6, 6.07) is 11.6. The van der Waals surface area contributed by atoms with Crippen molar-refractivity contribution < 1.29 is 9.59 Å². The molecular weight excluding hydrogens is 228 g/mol. The Balaban J connectivity index is 2.32. The first kappa shape index (κ1) is 10.8. The average molecular weight is 240 g/mol. The standard InChI is InChI=1S/C14H12N2O2/c1-16-11-7-6-9-4-2-3-5-10(9)14(11)15-12(17)8-13(16)18/h2-7H,8H2,1H3,(H,15,17). The van der Waals surface area contributed by atoms with E-state index in [9.17, 15) is 9.59 Å². The van der Waals surface area contributed by atoms with Crippen LogP contribution in [0.4, 0.5) is 11.4 Å². The molecule has 0 saturated heterocycles. The van der Waals surface area contributed by atoms with E-state index < -0.39 is 0 Å². The van der Waals surface area contributed by atoms with Gasteiger partial charge in [-0.05, 0) is 11.5 Å². The monoisotopic (exact) mass is 240 g/mol. The number of hydrogen-bond acceptors (Lipinski definition) is 2. The van der Waals surface area contributed by atoms with Gasteiger partial charge in [0.1, 0.15) is 6.42 Å². The van der Waals surface area contributed by atoms with Gasteiger partial charge in [-0.3, -0.25) is 9.59 Å². The van der Waals surface area contributed by atoms with Crippen molar-refractivity contribution in [1.29, 1.82) is 0 Å². The Labute approximate surface area is 104 Å². The normalized spacial score (nSPS) is 15.3. The van der Waals surface area contributed by atoms with Crippen molar-refractivity contribution in [2.24, 2.45) is 0 Å². The van der Waals surface area contributed by atoms with Gasteiger partial charge in [-0.25, -0.2) is 0 Å². The van der Waals surface area contributed by atoms with Gasteiger partial charge >= 0.3 is 0 Å². The molecule has 18 heavy (non-hydrogen) atoms. The van der Waals surface area contributed by atoms with Crippen molar-refractivity contribution >= 4 is 34.0 Å².